The van der Waals surface area contributed by atoms with Gasteiger partial charge in [0.1, 0.15) is 0 Å². The van der Waals surface area contributed by atoms with Gasteiger partial charge in [-0.15, -0.1) is 0 Å². The van der Waals surface area contributed by atoms with Crippen LogP contribution in [0, 0.1) is 5.41 Å². The van der Waals surface area contributed by atoms with Crippen LogP contribution in [0.25, 0.3) is 0 Å². The molecule has 0 rings (SSSR count). The van der Waals surface area contributed by atoms with E-state index >= 15 is 0 Å². The fraction of sp³-hybridized carbons (Fsp3) is 0.923. The van der Waals surface area contributed by atoms with Crippen molar-refractivity contribution in [2.45, 2.75) is 53.1 Å². The number of ether oxygens (including phenoxy) is 1. The minimum Gasteiger partial charge on any atom is -0.383 e. The molecule has 0 aromatic rings. The summed E-state index contributed by atoms with van der Waals surface area (Å²) in [5.74, 6) is 0.111. The van der Waals surface area contributed by atoms with Crippen LogP contribution in [0.5, 0.6) is 0 Å². The van der Waals surface area contributed by atoms with Crippen LogP contribution in [0.3, 0.4) is 0 Å². The quantitative estimate of drug-likeness (QED) is 0.772. The van der Waals surface area contributed by atoms with Gasteiger partial charge in [-0.2, -0.15) is 0 Å². The minimum absolute atomic E-state index is 0.0421. The molecule has 0 saturated carbocycles. The Labute approximate surface area is 105 Å². The summed E-state index contributed by atoms with van der Waals surface area (Å²) in [6, 6.07) is -0.0107. The van der Waals surface area contributed by atoms with Gasteiger partial charge in [-0.05, 0) is 19.3 Å². The van der Waals surface area contributed by atoms with Crippen LogP contribution in [0.2, 0.25) is 0 Å². The van der Waals surface area contributed by atoms with Crippen molar-refractivity contribution in [2.24, 2.45) is 11.1 Å². The minimum atomic E-state index is -0.112. The highest BCUT2D eigenvalue weighted by Gasteiger charge is 2.26. The highest BCUT2D eigenvalue weighted by atomic mass is 16.5. The number of carbonyl (C=O) groups is 1. The summed E-state index contributed by atoms with van der Waals surface area (Å²) in [5.41, 5.74) is 6.00. The van der Waals surface area contributed by atoms with Crippen molar-refractivity contribution >= 4 is 5.91 Å². The molecule has 0 aliphatic carbocycles. The molecular weight excluding hydrogens is 216 g/mol. The number of carbonyl (C=O) groups excluding carboxylic acids is 1. The molecule has 0 aromatic carbocycles. The van der Waals surface area contributed by atoms with Gasteiger partial charge in [-0.3, -0.25) is 4.79 Å². The first kappa shape index (κ1) is 16.4. The lowest BCUT2D eigenvalue weighted by Crippen LogP contribution is -2.45. The molecule has 2 N–H and O–H groups in total. The number of methoxy groups -OCH3 is 1. The zero-order valence-corrected chi connectivity index (χ0v) is 12.1. The fourth-order valence-electron chi connectivity index (χ4n) is 1.68. The number of nitrogens with zero attached hydrogens (tertiary/aromatic N) is 1. The summed E-state index contributed by atoms with van der Waals surface area (Å²) in [6.07, 6.45) is 0.394. The van der Waals surface area contributed by atoms with E-state index in [4.69, 9.17) is 10.5 Å². The summed E-state index contributed by atoms with van der Waals surface area (Å²) in [6.45, 7) is 11.4. The first-order valence-electron chi connectivity index (χ1n) is 6.28. The van der Waals surface area contributed by atoms with Crippen LogP contribution in [0.15, 0.2) is 0 Å². The van der Waals surface area contributed by atoms with Crippen molar-refractivity contribution in [3.8, 4) is 0 Å². The first-order valence-corrected chi connectivity index (χ1v) is 6.28. The molecule has 0 spiro atoms. The third-order valence-corrected chi connectivity index (χ3v) is 3.11. The van der Waals surface area contributed by atoms with E-state index in [2.05, 4.69) is 20.8 Å². The van der Waals surface area contributed by atoms with Gasteiger partial charge >= 0.3 is 0 Å². The van der Waals surface area contributed by atoms with Gasteiger partial charge in [0.2, 0.25) is 5.91 Å². The van der Waals surface area contributed by atoms with Gasteiger partial charge in [0.15, 0.2) is 0 Å². The van der Waals surface area contributed by atoms with Gasteiger partial charge in [0.25, 0.3) is 0 Å². The Morgan fingerprint density at radius 3 is 2.29 bits per heavy atom. The van der Waals surface area contributed by atoms with Gasteiger partial charge in [0, 0.05) is 26.1 Å². The number of nitrogens with two attached hydrogens (primary N) is 1. The lowest BCUT2D eigenvalue weighted by Gasteiger charge is -2.32. The Morgan fingerprint density at radius 2 is 1.94 bits per heavy atom. The molecule has 4 nitrogen and oxygen atoms in total. The topological polar surface area (TPSA) is 55.6 Å². The lowest BCUT2D eigenvalue weighted by molar-refractivity contribution is -0.134. The van der Waals surface area contributed by atoms with Crippen LogP contribution < -0.4 is 5.73 Å². The van der Waals surface area contributed by atoms with E-state index in [0.717, 1.165) is 0 Å². The molecule has 2 unspecified atom stereocenters. The van der Waals surface area contributed by atoms with E-state index in [-0.39, 0.29) is 23.4 Å². The van der Waals surface area contributed by atoms with Gasteiger partial charge < -0.3 is 15.4 Å². The SMILES string of the molecule is CCN(C(=O)CC(N)C(C)(C)C)C(C)COC. The molecule has 0 saturated heterocycles. The molecule has 0 bridgehead atoms. The molecule has 0 aromatic heterocycles. The van der Waals surface area contributed by atoms with Crippen molar-refractivity contribution in [3.05, 3.63) is 0 Å². The molecule has 0 aliphatic rings. The van der Waals surface area contributed by atoms with E-state index in [0.29, 0.717) is 19.6 Å². The lowest BCUT2D eigenvalue weighted by atomic mass is 9.85. The highest BCUT2D eigenvalue weighted by molar-refractivity contribution is 5.77. The Morgan fingerprint density at radius 1 is 1.41 bits per heavy atom. The maximum atomic E-state index is 12.1. The Hall–Kier alpha value is -0.610. The first-order chi connectivity index (χ1) is 7.73. The predicted octanol–water partition coefficient (Wildman–Crippen LogP) is 1.63. The van der Waals surface area contributed by atoms with Gasteiger partial charge in [0.05, 0.1) is 12.6 Å². The monoisotopic (exact) mass is 244 g/mol. The number of amides is 1. The van der Waals surface area contributed by atoms with Gasteiger partial charge in [-0.1, -0.05) is 20.8 Å². The van der Waals surface area contributed by atoms with E-state index in [1.165, 1.54) is 0 Å². The zero-order valence-electron chi connectivity index (χ0n) is 12.1. The predicted molar refractivity (Wildman–Crippen MR) is 70.8 cm³/mol. The number of hydrogen-bond donors (Lipinski definition) is 1. The summed E-state index contributed by atoms with van der Waals surface area (Å²) in [4.78, 5) is 14.0. The average Bonchev–Trinajstić information content (AvgIpc) is 2.17. The van der Waals surface area contributed by atoms with E-state index in [1.807, 2.05) is 18.7 Å². The number of hydrogen-bond acceptors (Lipinski definition) is 3. The summed E-state index contributed by atoms with van der Waals surface area (Å²) in [5, 5.41) is 0. The standard InChI is InChI=1S/C13H28N2O2/c1-7-15(10(2)9-17-6)12(16)8-11(14)13(3,4)5/h10-11H,7-9,14H2,1-6H3. The molecule has 2 atom stereocenters. The summed E-state index contributed by atoms with van der Waals surface area (Å²) in [7, 11) is 1.65. The maximum Gasteiger partial charge on any atom is 0.224 e. The smallest absolute Gasteiger partial charge is 0.224 e. The van der Waals surface area contributed by atoms with Crippen LogP contribution in [0.4, 0.5) is 0 Å². The number of rotatable bonds is 6. The molecule has 0 aliphatic heterocycles. The Kier molecular flexibility index (Phi) is 6.72. The molecule has 0 radical (unpaired) electrons. The Bertz CT molecular complexity index is 236. The van der Waals surface area contributed by atoms with Crippen LogP contribution in [-0.4, -0.2) is 43.2 Å². The second-order valence-corrected chi connectivity index (χ2v) is 5.66. The molecule has 17 heavy (non-hydrogen) atoms. The van der Waals surface area contributed by atoms with Crippen LogP contribution in [0.1, 0.15) is 41.0 Å². The number of likely N-dealkylation sites (N-methyl/N-ethyl adjacent to an activating group) is 1. The van der Waals surface area contributed by atoms with Crippen LogP contribution >= 0.6 is 0 Å². The molecular formula is C13H28N2O2. The third kappa shape index (κ3) is 5.50. The van der Waals surface area contributed by atoms with Crippen LogP contribution in [-0.2, 0) is 9.53 Å². The largest absolute Gasteiger partial charge is 0.383 e. The third-order valence-electron chi connectivity index (χ3n) is 3.11. The fourth-order valence-corrected chi connectivity index (χ4v) is 1.68. The van der Waals surface area contributed by atoms with Crippen molar-refractivity contribution in [2.75, 3.05) is 20.3 Å². The molecule has 0 fully saturated rings. The molecule has 4 heteroatoms. The highest BCUT2D eigenvalue weighted by Crippen LogP contribution is 2.20. The van der Waals surface area contributed by atoms with E-state index < -0.39 is 0 Å². The normalized spacial score (nSPS) is 15.5. The van der Waals surface area contributed by atoms with Crippen molar-refractivity contribution < 1.29 is 9.53 Å². The zero-order chi connectivity index (χ0) is 13.6. The van der Waals surface area contributed by atoms with Crippen molar-refractivity contribution in [1.29, 1.82) is 0 Å². The van der Waals surface area contributed by atoms with Crippen molar-refractivity contribution in [3.63, 3.8) is 0 Å². The summed E-state index contributed by atoms with van der Waals surface area (Å²) < 4.78 is 5.08. The maximum absolute atomic E-state index is 12.1. The summed E-state index contributed by atoms with van der Waals surface area (Å²) >= 11 is 0. The molecule has 1 amide bonds. The van der Waals surface area contributed by atoms with E-state index in [1.54, 1.807) is 7.11 Å². The second kappa shape index (κ2) is 6.97. The van der Waals surface area contributed by atoms with E-state index in [9.17, 15) is 4.79 Å². The van der Waals surface area contributed by atoms with Crippen molar-refractivity contribution in [1.82, 2.24) is 4.90 Å². The van der Waals surface area contributed by atoms with Gasteiger partial charge in [-0.25, -0.2) is 0 Å². The molecule has 102 valence electrons. The average molecular weight is 244 g/mol. The molecule has 0 heterocycles. The Balaban J connectivity index is 4.45. The second-order valence-electron chi connectivity index (χ2n) is 5.66.